The second-order valence-electron chi connectivity index (χ2n) is 5.10. The number of ether oxygens (including phenoxy) is 2. The van der Waals surface area contributed by atoms with Crippen LogP contribution in [-0.2, 0) is 14.3 Å². The lowest BCUT2D eigenvalue weighted by Crippen LogP contribution is -2.48. The Labute approximate surface area is 109 Å². The summed E-state index contributed by atoms with van der Waals surface area (Å²) in [5.74, 6) is 0.214. The smallest absolute Gasteiger partial charge is 0.222 e. The summed E-state index contributed by atoms with van der Waals surface area (Å²) in [4.78, 5) is 14.0. The van der Waals surface area contributed by atoms with Crippen molar-refractivity contribution in [3.63, 3.8) is 0 Å². The highest BCUT2D eigenvalue weighted by molar-refractivity contribution is 5.76. The Morgan fingerprint density at radius 1 is 1.22 bits per heavy atom. The molecule has 5 nitrogen and oxygen atoms in total. The van der Waals surface area contributed by atoms with Crippen molar-refractivity contribution in [1.82, 2.24) is 4.90 Å². The van der Waals surface area contributed by atoms with Gasteiger partial charge in [-0.15, -0.1) is 0 Å². The maximum atomic E-state index is 12.1. The van der Waals surface area contributed by atoms with Crippen molar-refractivity contribution in [1.29, 1.82) is 0 Å². The first-order valence-electron chi connectivity index (χ1n) is 7.00. The molecule has 2 heterocycles. The van der Waals surface area contributed by atoms with Gasteiger partial charge < -0.3 is 20.1 Å². The second-order valence-corrected chi connectivity index (χ2v) is 5.10. The van der Waals surface area contributed by atoms with Gasteiger partial charge in [-0.25, -0.2) is 0 Å². The van der Waals surface area contributed by atoms with E-state index in [0.717, 1.165) is 25.9 Å². The third-order valence-corrected chi connectivity index (χ3v) is 3.71. The van der Waals surface area contributed by atoms with Crippen LogP contribution in [0.15, 0.2) is 0 Å². The third-order valence-electron chi connectivity index (χ3n) is 3.71. The molecule has 5 heteroatoms. The summed E-state index contributed by atoms with van der Waals surface area (Å²) >= 11 is 0. The van der Waals surface area contributed by atoms with E-state index in [-0.39, 0.29) is 18.1 Å². The zero-order chi connectivity index (χ0) is 12.8. The van der Waals surface area contributed by atoms with Crippen molar-refractivity contribution in [3.05, 3.63) is 0 Å². The monoisotopic (exact) mass is 256 g/mol. The standard InChI is InChI=1S/C13H24N2O3/c14-9-12-10-15(6-8-18-12)13(16)5-4-11-3-1-2-7-17-11/h11-12H,1-10,14H2/t11-,12+/m1/s1. The minimum Gasteiger partial charge on any atom is -0.378 e. The average molecular weight is 256 g/mol. The molecular formula is C13H24N2O3. The van der Waals surface area contributed by atoms with Crippen LogP contribution >= 0.6 is 0 Å². The molecule has 2 aliphatic rings. The van der Waals surface area contributed by atoms with Gasteiger partial charge in [0.1, 0.15) is 0 Å². The highest BCUT2D eigenvalue weighted by Crippen LogP contribution is 2.18. The fraction of sp³-hybridized carbons (Fsp3) is 0.923. The number of carbonyl (C=O) groups excluding carboxylic acids is 1. The van der Waals surface area contributed by atoms with Gasteiger partial charge >= 0.3 is 0 Å². The Hall–Kier alpha value is -0.650. The van der Waals surface area contributed by atoms with Crippen LogP contribution in [0.2, 0.25) is 0 Å². The van der Waals surface area contributed by atoms with Crippen LogP contribution in [0.3, 0.4) is 0 Å². The lowest BCUT2D eigenvalue weighted by molar-refractivity contribution is -0.139. The number of nitrogens with two attached hydrogens (primary N) is 1. The lowest BCUT2D eigenvalue weighted by Gasteiger charge is -2.33. The van der Waals surface area contributed by atoms with Crippen molar-refractivity contribution in [2.45, 2.75) is 44.3 Å². The molecule has 0 bridgehead atoms. The number of amides is 1. The first kappa shape index (κ1) is 13.8. The van der Waals surface area contributed by atoms with Gasteiger partial charge in [0.15, 0.2) is 0 Å². The number of hydrogen-bond donors (Lipinski definition) is 1. The van der Waals surface area contributed by atoms with Crippen molar-refractivity contribution < 1.29 is 14.3 Å². The van der Waals surface area contributed by atoms with Crippen LogP contribution in [0.1, 0.15) is 32.1 Å². The molecule has 0 unspecified atom stereocenters. The Kier molecular flexibility index (Phi) is 5.41. The molecule has 0 spiro atoms. The Balaban J connectivity index is 1.70. The summed E-state index contributed by atoms with van der Waals surface area (Å²) in [7, 11) is 0. The largest absolute Gasteiger partial charge is 0.378 e. The van der Waals surface area contributed by atoms with E-state index >= 15 is 0 Å². The van der Waals surface area contributed by atoms with Crippen LogP contribution in [0.25, 0.3) is 0 Å². The maximum Gasteiger partial charge on any atom is 0.222 e. The molecule has 0 aromatic heterocycles. The molecule has 0 aromatic rings. The average Bonchev–Trinajstić information content (AvgIpc) is 2.46. The Morgan fingerprint density at radius 2 is 2.06 bits per heavy atom. The van der Waals surface area contributed by atoms with Gasteiger partial charge in [-0.1, -0.05) is 0 Å². The van der Waals surface area contributed by atoms with Crippen molar-refractivity contribution in [3.8, 4) is 0 Å². The van der Waals surface area contributed by atoms with E-state index in [1.54, 1.807) is 0 Å². The number of rotatable bonds is 4. The fourth-order valence-corrected chi connectivity index (χ4v) is 2.57. The molecule has 2 N–H and O–H groups in total. The lowest BCUT2D eigenvalue weighted by atomic mass is 10.0. The van der Waals surface area contributed by atoms with Crippen LogP contribution in [0.5, 0.6) is 0 Å². The van der Waals surface area contributed by atoms with Crippen LogP contribution < -0.4 is 5.73 Å². The number of nitrogens with zero attached hydrogens (tertiary/aromatic N) is 1. The fourth-order valence-electron chi connectivity index (χ4n) is 2.57. The van der Waals surface area contributed by atoms with E-state index in [9.17, 15) is 4.79 Å². The normalized spacial score (nSPS) is 29.3. The molecule has 0 aliphatic carbocycles. The SMILES string of the molecule is NC[C@H]1CN(C(=O)CC[C@H]2CCCCO2)CCO1. The predicted octanol–water partition coefficient (Wildman–Crippen LogP) is 0.522. The predicted molar refractivity (Wildman–Crippen MR) is 68.2 cm³/mol. The summed E-state index contributed by atoms with van der Waals surface area (Å²) < 4.78 is 11.1. The number of carbonyl (C=O) groups is 1. The van der Waals surface area contributed by atoms with E-state index in [1.807, 2.05) is 4.90 Å². The van der Waals surface area contributed by atoms with E-state index in [0.29, 0.717) is 32.7 Å². The minimum absolute atomic E-state index is 0.00799. The summed E-state index contributed by atoms with van der Waals surface area (Å²) in [5.41, 5.74) is 5.57. The molecule has 2 atom stereocenters. The van der Waals surface area contributed by atoms with Gasteiger partial charge in [0, 0.05) is 32.7 Å². The molecule has 1 amide bonds. The molecule has 2 fully saturated rings. The van der Waals surface area contributed by atoms with Gasteiger partial charge in [0.25, 0.3) is 0 Å². The van der Waals surface area contributed by atoms with Crippen LogP contribution in [-0.4, -0.2) is 55.9 Å². The van der Waals surface area contributed by atoms with Gasteiger partial charge in [-0.2, -0.15) is 0 Å². The maximum absolute atomic E-state index is 12.1. The van der Waals surface area contributed by atoms with Crippen LogP contribution in [0, 0.1) is 0 Å². The summed E-state index contributed by atoms with van der Waals surface area (Å²) in [5, 5.41) is 0. The Morgan fingerprint density at radius 3 is 2.78 bits per heavy atom. The molecule has 0 saturated carbocycles. The molecule has 2 aliphatic heterocycles. The second kappa shape index (κ2) is 7.07. The minimum atomic E-state index is 0.00799. The molecule has 18 heavy (non-hydrogen) atoms. The van der Waals surface area contributed by atoms with Gasteiger partial charge in [-0.05, 0) is 25.7 Å². The van der Waals surface area contributed by atoms with Crippen molar-refractivity contribution in [2.24, 2.45) is 5.73 Å². The summed E-state index contributed by atoms with van der Waals surface area (Å²) in [6.45, 7) is 3.27. The van der Waals surface area contributed by atoms with E-state index in [4.69, 9.17) is 15.2 Å². The third kappa shape index (κ3) is 3.93. The zero-order valence-corrected chi connectivity index (χ0v) is 11.0. The van der Waals surface area contributed by atoms with Gasteiger partial charge in [0.2, 0.25) is 5.91 Å². The highest BCUT2D eigenvalue weighted by Gasteiger charge is 2.24. The molecule has 2 rings (SSSR count). The van der Waals surface area contributed by atoms with Crippen molar-refractivity contribution >= 4 is 5.91 Å². The first-order valence-corrected chi connectivity index (χ1v) is 7.00. The van der Waals surface area contributed by atoms with Gasteiger partial charge in [-0.3, -0.25) is 4.79 Å². The quantitative estimate of drug-likeness (QED) is 0.796. The van der Waals surface area contributed by atoms with E-state index in [1.165, 1.54) is 6.42 Å². The highest BCUT2D eigenvalue weighted by atomic mass is 16.5. The van der Waals surface area contributed by atoms with Crippen molar-refractivity contribution in [2.75, 3.05) is 32.8 Å². The number of morpholine rings is 1. The molecule has 104 valence electrons. The zero-order valence-electron chi connectivity index (χ0n) is 11.0. The van der Waals surface area contributed by atoms with Crippen LogP contribution in [0.4, 0.5) is 0 Å². The first-order chi connectivity index (χ1) is 8.79. The summed E-state index contributed by atoms with van der Waals surface area (Å²) in [6, 6.07) is 0. The van der Waals surface area contributed by atoms with E-state index < -0.39 is 0 Å². The Bertz CT molecular complexity index is 267. The topological polar surface area (TPSA) is 64.8 Å². The molecule has 0 radical (unpaired) electrons. The molecule has 2 saturated heterocycles. The van der Waals surface area contributed by atoms with E-state index in [2.05, 4.69) is 0 Å². The van der Waals surface area contributed by atoms with Gasteiger partial charge in [0.05, 0.1) is 18.8 Å². The molecular weight excluding hydrogens is 232 g/mol. The number of hydrogen-bond acceptors (Lipinski definition) is 4. The summed E-state index contributed by atoms with van der Waals surface area (Å²) in [6.07, 6.45) is 5.22. The molecule has 0 aromatic carbocycles.